The third-order valence-electron chi connectivity index (χ3n) is 6.59. The molecule has 8 heteroatoms. The van der Waals surface area contributed by atoms with E-state index >= 15 is 0 Å². The van der Waals surface area contributed by atoms with E-state index in [-0.39, 0.29) is 47.5 Å². The van der Waals surface area contributed by atoms with Crippen molar-refractivity contribution < 1.29 is 23.1 Å². The monoisotopic (exact) mass is 470 g/mol. The zero-order chi connectivity index (χ0) is 23.8. The van der Waals surface area contributed by atoms with Crippen molar-refractivity contribution in [2.45, 2.75) is 50.5 Å². The third-order valence-corrected chi connectivity index (χ3v) is 8.41. The summed E-state index contributed by atoms with van der Waals surface area (Å²) in [6, 6.07) is 12.2. The van der Waals surface area contributed by atoms with Crippen molar-refractivity contribution in [3.63, 3.8) is 0 Å². The molecule has 33 heavy (non-hydrogen) atoms. The number of aliphatic hydroxyl groups excluding tert-OH is 1. The van der Waals surface area contributed by atoms with Crippen molar-refractivity contribution in [1.82, 2.24) is 0 Å². The Hall–Kier alpha value is -2.71. The van der Waals surface area contributed by atoms with Crippen molar-refractivity contribution in [3.8, 4) is 11.1 Å². The van der Waals surface area contributed by atoms with Gasteiger partial charge in [0.25, 0.3) is 0 Å². The zero-order valence-electron chi connectivity index (χ0n) is 19.0. The Morgan fingerprint density at radius 3 is 2.27 bits per heavy atom. The van der Waals surface area contributed by atoms with Gasteiger partial charge in [-0.1, -0.05) is 24.6 Å². The van der Waals surface area contributed by atoms with Gasteiger partial charge in [0.15, 0.2) is 9.84 Å². The summed E-state index contributed by atoms with van der Waals surface area (Å²) in [6.45, 7) is 3.77. The van der Waals surface area contributed by atoms with Gasteiger partial charge >= 0.3 is 0 Å². The van der Waals surface area contributed by atoms with Crippen molar-refractivity contribution in [3.05, 3.63) is 42.5 Å². The number of rotatable bonds is 6. The van der Waals surface area contributed by atoms with E-state index in [9.17, 15) is 18.0 Å². The van der Waals surface area contributed by atoms with Crippen LogP contribution in [0.4, 0.5) is 11.4 Å². The highest BCUT2D eigenvalue weighted by Crippen LogP contribution is 2.41. The van der Waals surface area contributed by atoms with Gasteiger partial charge in [-0.2, -0.15) is 0 Å². The maximum atomic E-state index is 13.2. The molecule has 1 heterocycles. The highest BCUT2D eigenvalue weighted by Gasteiger charge is 2.37. The standard InChI is InChI=1S/C25H30N2O5S/c1-17-16-26(25(30)20-5-3-6-20)24-15-21(9-12-23(24)27(17)18(2)29)19-7-10-22(11-8-19)33(31,32)14-4-13-28/h7-12,15,17,20,28H,3-6,13-14,16H2,1-2H3/t17-/m0/s1. The molecule has 7 nitrogen and oxygen atoms in total. The van der Waals surface area contributed by atoms with E-state index in [4.69, 9.17) is 5.11 Å². The number of aliphatic hydroxyl groups is 1. The van der Waals surface area contributed by atoms with E-state index in [1.807, 2.05) is 30.0 Å². The van der Waals surface area contributed by atoms with Gasteiger partial charge < -0.3 is 14.9 Å². The Balaban J connectivity index is 1.70. The fourth-order valence-corrected chi connectivity index (χ4v) is 5.89. The van der Waals surface area contributed by atoms with Gasteiger partial charge in [-0.3, -0.25) is 9.59 Å². The first-order valence-electron chi connectivity index (χ1n) is 11.4. The highest BCUT2D eigenvalue weighted by molar-refractivity contribution is 7.91. The van der Waals surface area contributed by atoms with Crippen LogP contribution in [-0.2, 0) is 19.4 Å². The van der Waals surface area contributed by atoms with Gasteiger partial charge in [-0.15, -0.1) is 0 Å². The van der Waals surface area contributed by atoms with Gasteiger partial charge in [0.1, 0.15) is 0 Å². The van der Waals surface area contributed by atoms with Gasteiger partial charge in [-0.05, 0) is 61.6 Å². The summed E-state index contributed by atoms with van der Waals surface area (Å²) in [7, 11) is -3.44. The molecule has 2 aromatic rings. The predicted octanol–water partition coefficient (Wildman–Crippen LogP) is 3.40. The number of hydrogen-bond donors (Lipinski definition) is 1. The largest absolute Gasteiger partial charge is 0.396 e. The van der Waals surface area contributed by atoms with E-state index in [2.05, 4.69) is 0 Å². The lowest BCUT2D eigenvalue weighted by Crippen LogP contribution is -2.53. The Morgan fingerprint density at radius 2 is 1.70 bits per heavy atom. The van der Waals surface area contributed by atoms with E-state index < -0.39 is 9.84 Å². The summed E-state index contributed by atoms with van der Waals surface area (Å²) in [5.41, 5.74) is 3.11. The van der Waals surface area contributed by atoms with Gasteiger partial charge in [0.2, 0.25) is 11.8 Å². The summed E-state index contributed by atoms with van der Waals surface area (Å²) in [6.07, 6.45) is 3.08. The second kappa shape index (κ2) is 9.27. The first kappa shape index (κ1) is 23.4. The summed E-state index contributed by atoms with van der Waals surface area (Å²) in [5.74, 6) is -0.00960. The van der Waals surface area contributed by atoms with E-state index in [0.717, 1.165) is 41.8 Å². The van der Waals surface area contributed by atoms with Crippen LogP contribution in [-0.4, -0.2) is 50.3 Å². The van der Waals surface area contributed by atoms with Crippen molar-refractivity contribution in [2.75, 3.05) is 28.7 Å². The quantitative estimate of drug-likeness (QED) is 0.698. The lowest BCUT2D eigenvalue weighted by atomic mass is 9.84. The maximum absolute atomic E-state index is 13.2. The fourth-order valence-electron chi connectivity index (χ4n) is 4.60. The molecule has 2 amide bonds. The summed E-state index contributed by atoms with van der Waals surface area (Å²) in [4.78, 5) is 29.3. The number of benzene rings is 2. The molecule has 0 spiro atoms. The summed E-state index contributed by atoms with van der Waals surface area (Å²) in [5, 5.41) is 8.93. The average molecular weight is 471 g/mol. The number of fused-ring (bicyclic) bond motifs is 1. The number of nitrogens with zero attached hydrogens (tertiary/aromatic N) is 2. The Bertz CT molecular complexity index is 1160. The second-order valence-corrected chi connectivity index (χ2v) is 11.0. The average Bonchev–Trinajstić information content (AvgIpc) is 2.75. The molecule has 1 N–H and O–H groups in total. The predicted molar refractivity (Wildman–Crippen MR) is 128 cm³/mol. The topological polar surface area (TPSA) is 95.0 Å². The van der Waals surface area contributed by atoms with Crippen LogP contribution in [0, 0.1) is 5.92 Å². The summed E-state index contributed by atoms with van der Waals surface area (Å²) < 4.78 is 24.8. The highest BCUT2D eigenvalue weighted by atomic mass is 32.2. The van der Waals surface area contributed by atoms with Crippen LogP contribution >= 0.6 is 0 Å². The van der Waals surface area contributed by atoms with E-state index in [0.29, 0.717) is 6.54 Å². The molecule has 0 saturated heterocycles. The minimum Gasteiger partial charge on any atom is -0.396 e. The Kier molecular flexibility index (Phi) is 6.59. The van der Waals surface area contributed by atoms with E-state index in [1.54, 1.807) is 29.2 Å². The normalized spacial score (nSPS) is 18.6. The number of anilines is 2. The number of sulfone groups is 1. The molecular weight excluding hydrogens is 440 g/mol. The first-order chi connectivity index (χ1) is 15.7. The van der Waals surface area contributed by atoms with Crippen LogP contribution < -0.4 is 9.80 Å². The Morgan fingerprint density at radius 1 is 1.03 bits per heavy atom. The molecule has 176 valence electrons. The Labute approximate surface area is 194 Å². The number of carbonyl (C=O) groups is 2. The minimum atomic E-state index is -3.44. The van der Waals surface area contributed by atoms with Crippen LogP contribution in [0.2, 0.25) is 0 Å². The summed E-state index contributed by atoms with van der Waals surface area (Å²) >= 11 is 0. The van der Waals surface area contributed by atoms with Crippen LogP contribution in [0.3, 0.4) is 0 Å². The smallest absolute Gasteiger partial charge is 0.230 e. The van der Waals surface area contributed by atoms with Crippen molar-refractivity contribution >= 4 is 33.0 Å². The van der Waals surface area contributed by atoms with Gasteiger partial charge in [0, 0.05) is 26.0 Å². The van der Waals surface area contributed by atoms with Gasteiger partial charge in [-0.25, -0.2) is 8.42 Å². The van der Waals surface area contributed by atoms with Crippen LogP contribution in [0.15, 0.2) is 47.4 Å². The fraction of sp³-hybridized carbons (Fsp3) is 0.440. The third kappa shape index (κ3) is 4.54. The molecule has 0 aromatic heterocycles. The van der Waals surface area contributed by atoms with Crippen LogP contribution in [0.1, 0.15) is 39.5 Å². The minimum absolute atomic E-state index is 0.0426. The van der Waals surface area contributed by atoms with Crippen LogP contribution in [0.25, 0.3) is 11.1 Å². The van der Waals surface area contributed by atoms with Crippen molar-refractivity contribution in [2.24, 2.45) is 5.92 Å². The molecule has 1 saturated carbocycles. The maximum Gasteiger partial charge on any atom is 0.230 e. The number of hydrogen-bond acceptors (Lipinski definition) is 5. The molecule has 1 aliphatic carbocycles. The SMILES string of the molecule is CC(=O)N1c2ccc(-c3ccc(S(=O)(=O)CCCO)cc3)cc2N(C(=O)C2CCC2)C[C@@H]1C. The molecule has 2 aliphatic rings. The number of carbonyl (C=O) groups excluding carboxylic acids is 2. The van der Waals surface area contributed by atoms with Crippen LogP contribution in [0.5, 0.6) is 0 Å². The molecule has 2 aromatic carbocycles. The van der Waals surface area contributed by atoms with Crippen molar-refractivity contribution in [1.29, 1.82) is 0 Å². The lowest BCUT2D eigenvalue weighted by Gasteiger charge is -2.43. The van der Waals surface area contributed by atoms with Gasteiger partial charge in [0.05, 0.1) is 28.1 Å². The molecule has 0 unspecified atom stereocenters. The first-order valence-corrected chi connectivity index (χ1v) is 13.1. The molecule has 0 radical (unpaired) electrons. The molecule has 1 atom stereocenters. The molecule has 4 rings (SSSR count). The lowest BCUT2D eigenvalue weighted by molar-refractivity contribution is -0.125. The second-order valence-electron chi connectivity index (χ2n) is 8.94. The van der Waals surface area contributed by atoms with E-state index in [1.165, 1.54) is 6.92 Å². The molecule has 0 bridgehead atoms. The molecular formula is C25H30N2O5S. The molecule has 1 fully saturated rings. The molecule has 1 aliphatic heterocycles. The zero-order valence-corrected chi connectivity index (χ0v) is 19.8. The number of amides is 2.